The van der Waals surface area contributed by atoms with E-state index in [0.29, 0.717) is 0 Å². The number of nitrogens with one attached hydrogen (secondary N) is 1. The van der Waals surface area contributed by atoms with E-state index in [2.05, 4.69) is 5.32 Å². The molecule has 0 aromatic carbocycles. The molecule has 0 amide bonds. The number of rotatable bonds is 2. The van der Waals surface area contributed by atoms with E-state index >= 15 is 0 Å². The molecular formula is C3H10FNO2Sn. The van der Waals surface area contributed by atoms with Crippen LogP contribution in [-0.2, 0) is 4.79 Å². The van der Waals surface area contributed by atoms with Crippen molar-refractivity contribution in [3.8, 4) is 0 Å². The first-order chi connectivity index (χ1) is 2.77. The van der Waals surface area contributed by atoms with Gasteiger partial charge in [0, 0.05) is 0 Å². The third kappa shape index (κ3) is 16.4. The van der Waals surface area contributed by atoms with E-state index in [0.717, 1.165) is 0 Å². The van der Waals surface area contributed by atoms with Crippen LogP contribution in [0.15, 0.2) is 0 Å². The van der Waals surface area contributed by atoms with Crippen molar-refractivity contribution >= 4 is 29.9 Å². The molecule has 0 fully saturated rings. The van der Waals surface area contributed by atoms with Crippen LogP contribution in [0.3, 0.4) is 0 Å². The van der Waals surface area contributed by atoms with E-state index in [1.54, 1.807) is 7.05 Å². The molecule has 0 heterocycles. The molecule has 0 saturated heterocycles. The number of carboxylic acid groups (broad SMARTS) is 1. The number of hydrogen-bond donors (Lipinski definition) is 2. The number of halogens is 1. The van der Waals surface area contributed by atoms with Crippen LogP contribution in [0, 0.1) is 0 Å². The predicted molar refractivity (Wildman–Crippen MR) is 32.6 cm³/mol. The first-order valence-corrected chi connectivity index (χ1v) is 1.63. The molecule has 0 saturated carbocycles. The number of aliphatic carboxylic acids is 1. The molecule has 0 aromatic rings. The van der Waals surface area contributed by atoms with Gasteiger partial charge in [0.1, 0.15) is 0 Å². The Labute approximate surface area is 63.8 Å². The third-order valence-corrected chi connectivity index (χ3v) is 0.328. The summed E-state index contributed by atoms with van der Waals surface area (Å²) in [6.07, 6.45) is 0. The second kappa shape index (κ2) is 10.2. The van der Waals surface area contributed by atoms with Crippen LogP contribution < -0.4 is 5.32 Å². The molecule has 3 nitrogen and oxygen atoms in total. The maximum absolute atomic E-state index is 9.54. The van der Waals surface area contributed by atoms with Crippen molar-refractivity contribution in [2.45, 2.75) is 0 Å². The summed E-state index contributed by atoms with van der Waals surface area (Å²) in [5.74, 6) is -0.822. The van der Waals surface area contributed by atoms with Gasteiger partial charge in [-0.3, -0.25) is 9.50 Å². The Morgan fingerprint density at radius 1 is 1.75 bits per heavy atom. The van der Waals surface area contributed by atoms with Crippen molar-refractivity contribution in [1.29, 1.82) is 0 Å². The van der Waals surface area contributed by atoms with Gasteiger partial charge in [0.2, 0.25) is 0 Å². The molecule has 2 N–H and O–H groups in total. The Hall–Kier alpha value is 0.159. The molecule has 50 valence electrons. The van der Waals surface area contributed by atoms with Gasteiger partial charge in [-0.05, 0) is 7.05 Å². The topological polar surface area (TPSA) is 49.3 Å². The quantitative estimate of drug-likeness (QED) is 0.569. The molecule has 0 atom stereocenters. The van der Waals surface area contributed by atoms with E-state index in [4.69, 9.17) is 5.11 Å². The monoisotopic (exact) mass is 231 g/mol. The first kappa shape index (κ1) is 15.7. The van der Waals surface area contributed by atoms with Gasteiger partial charge < -0.3 is 10.4 Å². The summed E-state index contributed by atoms with van der Waals surface area (Å²) in [5.41, 5.74) is 0. The minimum absolute atomic E-state index is 0. The van der Waals surface area contributed by atoms with Gasteiger partial charge in [-0.25, -0.2) is 0 Å². The summed E-state index contributed by atoms with van der Waals surface area (Å²) in [6, 6.07) is 0. The molecule has 2 radical (unpaired) electrons. The number of hydrogen-bond acceptors (Lipinski definition) is 2. The van der Waals surface area contributed by atoms with Crippen molar-refractivity contribution in [3.63, 3.8) is 0 Å². The molecule has 0 aliphatic heterocycles. The van der Waals surface area contributed by atoms with Gasteiger partial charge in [-0.15, -0.1) is 0 Å². The summed E-state index contributed by atoms with van der Waals surface area (Å²) >= 11 is 0. The van der Waals surface area contributed by atoms with E-state index in [-0.39, 0.29) is 35.2 Å². The van der Waals surface area contributed by atoms with Crippen LogP contribution in [0.1, 0.15) is 0 Å². The summed E-state index contributed by atoms with van der Waals surface area (Å²) in [7, 11) is 1.59. The summed E-state index contributed by atoms with van der Waals surface area (Å²) < 4.78 is 0. The molecule has 0 aromatic heterocycles. The molecule has 0 bridgehead atoms. The third-order valence-electron chi connectivity index (χ3n) is 0.328. The normalized spacial score (nSPS) is 6.12. The van der Waals surface area contributed by atoms with Crippen LogP contribution in [0.25, 0.3) is 0 Å². The Balaban J connectivity index is -0.000000125. The second-order valence-electron chi connectivity index (χ2n) is 0.924. The van der Waals surface area contributed by atoms with E-state index < -0.39 is 5.97 Å². The predicted octanol–water partition coefficient (Wildman–Crippen LogP) is -1.47. The molecule has 0 rings (SSSR count). The molecule has 0 aliphatic rings. The SMILES string of the molecule is CNCC(=O)O.F.[SnH2]. The van der Waals surface area contributed by atoms with E-state index in [1.165, 1.54) is 0 Å². The van der Waals surface area contributed by atoms with Crippen molar-refractivity contribution in [2.24, 2.45) is 0 Å². The fraction of sp³-hybridized carbons (Fsp3) is 0.667. The minimum atomic E-state index is -0.822. The van der Waals surface area contributed by atoms with Gasteiger partial charge in [0.25, 0.3) is 0 Å². The zero-order valence-electron chi connectivity index (χ0n) is 4.68. The van der Waals surface area contributed by atoms with Crippen LogP contribution in [0.2, 0.25) is 0 Å². The molecule has 0 spiro atoms. The fourth-order valence-corrected chi connectivity index (χ4v) is 0.151. The fourth-order valence-electron chi connectivity index (χ4n) is 0.151. The number of carbonyl (C=O) groups is 1. The second-order valence-corrected chi connectivity index (χ2v) is 0.924. The van der Waals surface area contributed by atoms with Gasteiger partial charge in [0.05, 0.1) is 6.54 Å². The Morgan fingerprint density at radius 3 is 2.12 bits per heavy atom. The Morgan fingerprint density at radius 2 is 2.12 bits per heavy atom. The average molecular weight is 230 g/mol. The molecule has 8 heavy (non-hydrogen) atoms. The van der Waals surface area contributed by atoms with Crippen LogP contribution in [0.4, 0.5) is 4.70 Å². The van der Waals surface area contributed by atoms with Gasteiger partial charge in [0.15, 0.2) is 0 Å². The van der Waals surface area contributed by atoms with Crippen molar-refractivity contribution in [2.75, 3.05) is 13.6 Å². The van der Waals surface area contributed by atoms with Crippen molar-refractivity contribution < 1.29 is 14.6 Å². The maximum atomic E-state index is 9.54. The summed E-state index contributed by atoms with van der Waals surface area (Å²) in [4.78, 5) is 9.54. The average Bonchev–Trinajstić information content (AvgIpc) is 1.35. The van der Waals surface area contributed by atoms with Crippen LogP contribution in [0.5, 0.6) is 0 Å². The molecular weight excluding hydrogens is 220 g/mol. The van der Waals surface area contributed by atoms with Gasteiger partial charge >= 0.3 is 29.9 Å². The Bertz CT molecular complexity index is 61.2. The molecule has 0 aliphatic carbocycles. The van der Waals surface area contributed by atoms with Gasteiger partial charge in [-0.2, -0.15) is 0 Å². The van der Waals surface area contributed by atoms with Crippen LogP contribution >= 0.6 is 0 Å². The summed E-state index contributed by atoms with van der Waals surface area (Å²) in [6.45, 7) is 0.0417. The van der Waals surface area contributed by atoms with E-state index in [1.807, 2.05) is 0 Å². The van der Waals surface area contributed by atoms with E-state index in [9.17, 15) is 4.79 Å². The Kier molecular flexibility index (Phi) is 20.0. The van der Waals surface area contributed by atoms with Crippen molar-refractivity contribution in [3.05, 3.63) is 0 Å². The summed E-state index contributed by atoms with van der Waals surface area (Å²) in [5, 5.41) is 10.3. The molecule has 0 unspecified atom stereocenters. The zero-order chi connectivity index (χ0) is 4.99. The number of carboxylic acids is 1. The first-order valence-electron chi connectivity index (χ1n) is 1.63. The zero-order valence-corrected chi connectivity index (χ0v) is 8.71. The van der Waals surface area contributed by atoms with Gasteiger partial charge in [-0.1, -0.05) is 0 Å². The molecule has 5 heteroatoms. The van der Waals surface area contributed by atoms with Crippen molar-refractivity contribution in [1.82, 2.24) is 5.32 Å². The van der Waals surface area contributed by atoms with Crippen LogP contribution in [-0.4, -0.2) is 48.6 Å². The number of likely N-dealkylation sites (N-methyl/N-ethyl adjacent to an activating group) is 1. The standard InChI is InChI=1S/C3H7NO2.FH.Sn.2H/c1-4-2-3(5)6;;;;/h4H,2H2,1H3,(H,5,6);1H;;;.